The maximum atomic E-state index is 12.3. The number of hydrogen-bond acceptors (Lipinski definition) is 5. The van der Waals surface area contributed by atoms with E-state index < -0.39 is 10.0 Å². The molecule has 6 nitrogen and oxygen atoms in total. The van der Waals surface area contributed by atoms with E-state index in [2.05, 4.69) is 9.88 Å². The van der Waals surface area contributed by atoms with Crippen LogP contribution >= 0.6 is 0 Å². The molecule has 0 saturated carbocycles. The fourth-order valence-corrected chi connectivity index (χ4v) is 3.18. The Morgan fingerprint density at radius 2 is 2.05 bits per heavy atom. The molecule has 0 aliphatic carbocycles. The molecule has 0 fully saturated rings. The lowest BCUT2D eigenvalue weighted by molar-refractivity contribution is 0.280. The summed E-state index contributed by atoms with van der Waals surface area (Å²) in [4.78, 5) is 0.159. The lowest BCUT2D eigenvalue weighted by Gasteiger charge is -2.12. The summed E-state index contributed by atoms with van der Waals surface area (Å²) in [7, 11) is -3.67. The molecule has 0 aliphatic heterocycles. The van der Waals surface area contributed by atoms with E-state index in [-0.39, 0.29) is 18.0 Å². The van der Waals surface area contributed by atoms with Crippen molar-refractivity contribution < 1.29 is 18.0 Å². The smallest absolute Gasteiger partial charge is 0.241 e. The Labute approximate surface area is 117 Å². The van der Waals surface area contributed by atoms with E-state index in [1.807, 2.05) is 6.92 Å². The quantitative estimate of drug-likeness (QED) is 0.866. The lowest BCUT2D eigenvalue weighted by atomic mass is 10.1. The monoisotopic (exact) mass is 296 g/mol. The van der Waals surface area contributed by atoms with Crippen LogP contribution in [0.2, 0.25) is 0 Å². The van der Waals surface area contributed by atoms with Crippen LogP contribution in [0.15, 0.2) is 33.8 Å². The van der Waals surface area contributed by atoms with Gasteiger partial charge in [-0.15, -0.1) is 0 Å². The number of aliphatic hydroxyl groups excluding tert-OH is 1. The van der Waals surface area contributed by atoms with E-state index in [0.29, 0.717) is 16.9 Å². The Kier molecular flexibility index (Phi) is 4.22. The summed E-state index contributed by atoms with van der Waals surface area (Å²) in [5.41, 5.74) is 2.08. The maximum Gasteiger partial charge on any atom is 0.241 e. The molecule has 108 valence electrons. The number of nitrogens with one attached hydrogen (secondary N) is 1. The second-order valence-electron chi connectivity index (χ2n) is 4.51. The number of aliphatic hydroxyl groups is 1. The summed E-state index contributed by atoms with van der Waals surface area (Å²) in [5.74, 6) is 0.431. The van der Waals surface area contributed by atoms with E-state index in [9.17, 15) is 13.5 Å². The van der Waals surface area contributed by atoms with Gasteiger partial charge in [0.05, 0.1) is 24.2 Å². The number of aryl methyl sites for hydroxylation is 2. The summed E-state index contributed by atoms with van der Waals surface area (Å²) in [6.45, 7) is 3.38. The highest BCUT2D eigenvalue weighted by Gasteiger charge is 2.18. The van der Waals surface area contributed by atoms with E-state index in [1.165, 1.54) is 12.3 Å². The van der Waals surface area contributed by atoms with Crippen LogP contribution in [0.1, 0.15) is 22.5 Å². The molecule has 2 aromatic rings. The Morgan fingerprint density at radius 3 is 2.65 bits per heavy atom. The van der Waals surface area contributed by atoms with Crippen LogP contribution < -0.4 is 4.72 Å². The Balaban J connectivity index is 2.29. The predicted octanol–water partition coefficient (Wildman–Crippen LogP) is 1.26. The fourth-order valence-electron chi connectivity index (χ4n) is 1.91. The fraction of sp³-hybridized carbons (Fsp3) is 0.308. The molecule has 0 spiro atoms. The zero-order valence-corrected chi connectivity index (χ0v) is 12.1. The lowest BCUT2D eigenvalue weighted by Crippen LogP contribution is -2.24. The maximum absolute atomic E-state index is 12.3. The summed E-state index contributed by atoms with van der Waals surface area (Å²) in [6.07, 6.45) is 1.45. The van der Waals surface area contributed by atoms with Gasteiger partial charge < -0.3 is 9.63 Å². The second kappa shape index (κ2) is 5.74. The minimum atomic E-state index is -3.67. The van der Waals surface area contributed by atoms with E-state index in [1.54, 1.807) is 19.1 Å². The number of aromatic nitrogens is 1. The summed E-state index contributed by atoms with van der Waals surface area (Å²) < 4.78 is 31.8. The average Bonchev–Trinajstić information content (AvgIpc) is 2.89. The molecule has 0 saturated heterocycles. The van der Waals surface area contributed by atoms with Gasteiger partial charge in [0, 0.05) is 6.07 Å². The van der Waals surface area contributed by atoms with Crippen molar-refractivity contribution in [3.8, 4) is 0 Å². The molecule has 0 aliphatic rings. The third-order valence-corrected chi connectivity index (χ3v) is 4.56. The van der Waals surface area contributed by atoms with Crippen molar-refractivity contribution in [1.82, 2.24) is 9.88 Å². The van der Waals surface area contributed by atoms with Gasteiger partial charge in [-0.05, 0) is 36.6 Å². The first-order chi connectivity index (χ1) is 9.44. The molecule has 0 bridgehead atoms. The van der Waals surface area contributed by atoms with Gasteiger partial charge >= 0.3 is 0 Å². The van der Waals surface area contributed by atoms with E-state index in [0.717, 1.165) is 5.56 Å². The molecule has 0 amide bonds. The van der Waals surface area contributed by atoms with Crippen LogP contribution in [0.25, 0.3) is 0 Å². The molecule has 1 aromatic heterocycles. The minimum Gasteiger partial charge on any atom is -0.392 e. The summed E-state index contributed by atoms with van der Waals surface area (Å²) in [5, 5.41) is 12.8. The van der Waals surface area contributed by atoms with E-state index in [4.69, 9.17) is 4.52 Å². The average molecular weight is 296 g/mol. The Bertz CT molecular complexity index is 693. The third-order valence-electron chi connectivity index (χ3n) is 3.02. The van der Waals surface area contributed by atoms with Crippen molar-refractivity contribution in [2.45, 2.75) is 31.9 Å². The van der Waals surface area contributed by atoms with E-state index >= 15 is 0 Å². The number of nitrogens with zero attached hydrogens (tertiary/aromatic N) is 1. The van der Waals surface area contributed by atoms with Gasteiger partial charge in [-0.3, -0.25) is 0 Å². The topological polar surface area (TPSA) is 92.4 Å². The molecule has 0 radical (unpaired) electrons. The van der Waals surface area contributed by atoms with Crippen LogP contribution in [0, 0.1) is 13.8 Å². The molecular formula is C13H16N2O4S. The molecule has 1 heterocycles. The SMILES string of the molecule is Cc1cc(C)c(S(=O)(=O)NCc2ccno2)cc1CO. The first kappa shape index (κ1) is 14.7. The first-order valence-electron chi connectivity index (χ1n) is 6.04. The molecule has 2 rings (SSSR count). The number of rotatable bonds is 5. The summed E-state index contributed by atoms with van der Waals surface area (Å²) >= 11 is 0. The second-order valence-corrected chi connectivity index (χ2v) is 6.24. The van der Waals surface area contributed by atoms with Crippen LogP contribution in [0.5, 0.6) is 0 Å². The van der Waals surface area contributed by atoms with Crippen LogP contribution in [0.3, 0.4) is 0 Å². The highest BCUT2D eigenvalue weighted by molar-refractivity contribution is 7.89. The van der Waals surface area contributed by atoms with Gasteiger partial charge in [-0.1, -0.05) is 11.2 Å². The van der Waals surface area contributed by atoms with Crippen molar-refractivity contribution in [2.24, 2.45) is 0 Å². The number of benzene rings is 1. The van der Waals surface area contributed by atoms with Crippen molar-refractivity contribution >= 4 is 10.0 Å². The predicted molar refractivity (Wildman–Crippen MR) is 72.4 cm³/mol. The molecule has 20 heavy (non-hydrogen) atoms. The van der Waals surface area contributed by atoms with Crippen molar-refractivity contribution in [2.75, 3.05) is 0 Å². The van der Waals surface area contributed by atoms with Gasteiger partial charge in [-0.25, -0.2) is 13.1 Å². The minimum absolute atomic E-state index is 0.0319. The van der Waals surface area contributed by atoms with Crippen molar-refractivity contribution in [3.63, 3.8) is 0 Å². The molecule has 2 N–H and O–H groups in total. The first-order valence-corrected chi connectivity index (χ1v) is 7.52. The zero-order chi connectivity index (χ0) is 14.8. The number of hydrogen-bond donors (Lipinski definition) is 2. The number of sulfonamides is 1. The highest BCUT2D eigenvalue weighted by atomic mass is 32.2. The Morgan fingerprint density at radius 1 is 1.30 bits per heavy atom. The highest BCUT2D eigenvalue weighted by Crippen LogP contribution is 2.20. The largest absolute Gasteiger partial charge is 0.392 e. The molecule has 1 aromatic carbocycles. The van der Waals surface area contributed by atoms with Crippen LogP contribution in [0.4, 0.5) is 0 Å². The standard InChI is InChI=1S/C13H16N2O4S/c1-9-5-10(2)13(6-11(9)8-16)20(17,18)15-7-12-3-4-14-19-12/h3-6,15-16H,7-8H2,1-2H3. The molecular weight excluding hydrogens is 280 g/mol. The van der Waals surface area contributed by atoms with Crippen molar-refractivity contribution in [3.05, 3.63) is 46.8 Å². The van der Waals surface area contributed by atoms with Gasteiger partial charge in [0.1, 0.15) is 0 Å². The van der Waals surface area contributed by atoms with Crippen LogP contribution in [-0.2, 0) is 23.2 Å². The molecule has 7 heteroatoms. The van der Waals surface area contributed by atoms with Gasteiger partial charge in [-0.2, -0.15) is 0 Å². The normalized spacial score (nSPS) is 11.8. The van der Waals surface area contributed by atoms with Gasteiger partial charge in [0.2, 0.25) is 10.0 Å². The van der Waals surface area contributed by atoms with Gasteiger partial charge in [0.25, 0.3) is 0 Å². The van der Waals surface area contributed by atoms with Crippen LogP contribution in [-0.4, -0.2) is 18.7 Å². The van der Waals surface area contributed by atoms with Gasteiger partial charge in [0.15, 0.2) is 5.76 Å². The summed E-state index contributed by atoms with van der Waals surface area (Å²) in [6, 6.07) is 4.83. The zero-order valence-electron chi connectivity index (χ0n) is 11.3. The Hall–Kier alpha value is -1.70. The third kappa shape index (κ3) is 3.06. The molecule has 0 unspecified atom stereocenters. The molecule has 0 atom stereocenters. The van der Waals surface area contributed by atoms with Crippen molar-refractivity contribution in [1.29, 1.82) is 0 Å².